The second kappa shape index (κ2) is 8.29. The molecule has 1 unspecified atom stereocenters. The van der Waals surface area contributed by atoms with Crippen LogP contribution in [0.5, 0.6) is 0 Å². The van der Waals surface area contributed by atoms with Gasteiger partial charge in [0.2, 0.25) is 0 Å². The number of aliphatic imine (C=N–C) groups is 1. The quantitative estimate of drug-likeness (QED) is 0.334. The summed E-state index contributed by atoms with van der Waals surface area (Å²) >= 11 is 6.17. The Morgan fingerprint density at radius 1 is 1.03 bits per heavy atom. The predicted octanol–water partition coefficient (Wildman–Crippen LogP) is 7.29. The van der Waals surface area contributed by atoms with Crippen molar-refractivity contribution >= 4 is 34.5 Å². The van der Waals surface area contributed by atoms with Crippen LogP contribution in [0.3, 0.4) is 0 Å². The molecule has 4 aromatic rings. The summed E-state index contributed by atoms with van der Waals surface area (Å²) in [6.07, 6.45) is 9.33. The molecular formula is C27H24ClN3O. The summed E-state index contributed by atoms with van der Waals surface area (Å²) in [6.45, 7) is 6.43. The van der Waals surface area contributed by atoms with Gasteiger partial charge in [-0.05, 0) is 79.4 Å². The summed E-state index contributed by atoms with van der Waals surface area (Å²) in [4.78, 5) is 11.3. The van der Waals surface area contributed by atoms with Crippen molar-refractivity contribution in [2.24, 2.45) is 4.99 Å². The fraction of sp³-hybridized carbons (Fsp3) is 0.185. The molecule has 5 heteroatoms. The van der Waals surface area contributed by atoms with Gasteiger partial charge < -0.3 is 9.32 Å². The summed E-state index contributed by atoms with van der Waals surface area (Å²) in [5, 5.41) is 1.77. The van der Waals surface area contributed by atoms with Crippen molar-refractivity contribution in [3.63, 3.8) is 0 Å². The number of benzene rings is 2. The molecule has 0 spiro atoms. The first-order valence-electron chi connectivity index (χ1n) is 10.7. The molecule has 4 nitrogen and oxygen atoms in total. The van der Waals surface area contributed by atoms with E-state index in [1.54, 1.807) is 6.20 Å². The summed E-state index contributed by atoms with van der Waals surface area (Å²) in [5.74, 6) is 0. The maximum Gasteiger partial charge on any atom is 0.134 e. The molecule has 0 saturated carbocycles. The normalized spacial score (nSPS) is 16.9. The van der Waals surface area contributed by atoms with Gasteiger partial charge in [0.05, 0.1) is 17.3 Å². The van der Waals surface area contributed by atoms with E-state index in [4.69, 9.17) is 16.0 Å². The third-order valence-corrected chi connectivity index (χ3v) is 6.31. The van der Waals surface area contributed by atoms with Crippen LogP contribution >= 0.6 is 11.6 Å². The molecule has 0 N–H and O–H groups in total. The minimum Gasteiger partial charge on any atom is -0.464 e. The Kier molecular flexibility index (Phi) is 5.32. The van der Waals surface area contributed by atoms with E-state index in [1.807, 2.05) is 30.8 Å². The Morgan fingerprint density at radius 3 is 2.75 bits per heavy atom. The Balaban J connectivity index is 1.53. The highest BCUT2D eigenvalue weighted by Gasteiger charge is 2.26. The SMILES string of the molecule is Cc1coc2ccc(C3=CC=NC(C)N3[C@@H](C)c3cccc(-c4cncc(Cl)c4)c3)cc12. The van der Waals surface area contributed by atoms with E-state index in [0.717, 1.165) is 38.9 Å². The van der Waals surface area contributed by atoms with Gasteiger partial charge in [0.15, 0.2) is 0 Å². The van der Waals surface area contributed by atoms with Gasteiger partial charge in [-0.25, -0.2) is 0 Å². The van der Waals surface area contributed by atoms with Crippen molar-refractivity contribution in [3.05, 3.63) is 95.0 Å². The number of hydrogen-bond donors (Lipinski definition) is 0. The average Bonchev–Trinajstić information content (AvgIpc) is 3.18. The van der Waals surface area contributed by atoms with Crippen LogP contribution in [0.25, 0.3) is 27.8 Å². The van der Waals surface area contributed by atoms with Gasteiger partial charge in [-0.1, -0.05) is 29.8 Å². The molecule has 160 valence electrons. The number of rotatable bonds is 4. The fourth-order valence-electron chi connectivity index (χ4n) is 4.40. The van der Waals surface area contributed by atoms with Crippen LogP contribution in [0.1, 0.15) is 36.6 Å². The van der Waals surface area contributed by atoms with Gasteiger partial charge in [-0.2, -0.15) is 0 Å². The number of aromatic nitrogens is 1. The van der Waals surface area contributed by atoms with E-state index >= 15 is 0 Å². The topological polar surface area (TPSA) is 41.6 Å². The summed E-state index contributed by atoms with van der Waals surface area (Å²) in [5.41, 5.74) is 7.66. The number of fused-ring (bicyclic) bond motifs is 1. The molecule has 0 fully saturated rings. The van der Waals surface area contributed by atoms with E-state index in [2.05, 4.69) is 78.1 Å². The molecule has 5 rings (SSSR count). The molecule has 2 atom stereocenters. The Bertz CT molecular complexity index is 1350. The first kappa shape index (κ1) is 20.5. The van der Waals surface area contributed by atoms with Gasteiger partial charge in [-0.15, -0.1) is 0 Å². The molecule has 0 radical (unpaired) electrons. The highest BCUT2D eigenvalue weighted by atomic mass is 35.5. The molecular weight excluding hydrogens is 418 g/mol. The summed E-state index contributed by atoms with van der Waals surface area (Å²) < 4.78 is 5.65. The van der Waals surface area contributed by atoms with Crippen molar-refractivity contribution in [2.75, 3.05) is 0 Å². The van der Waals surface area contributed by atoms with E-state index in [0.29, 0.717) is 5.02 Å². The molecule has 1 aliphatic heterocycles. The Labute approximate surface area is 192 Å². The number of nitrogens with zero attached hydrogens (tertiary/aromatic N) is 3. The fourth-order valence-corrected chi connectivity index (χ4v) is 4.57. The lowest BCUT2D eigenvalue weighted by molar-refractivity contribution is 0.252. The van der Waals surface area contributed by atoms with Crippen molar-refractivity contribution < 1.29 is 4.42 Å². The number of hydrogen-bond acceptors (Lipinski definition) is 4. The number of pyridine rings is 1. The number of aryl methyl sites for hydroxylation is 1. The lowest BCUT2D eigenvalue weighted by atomic mass is 9.97. The molecule has 0 amide bonds. The van der Waals surface area contributed by atoms with E-state index in [1.165, 1.54) is 5.56 Å². The van der Waals surface area contributed by atoms with Crippen LogP contribution < -0.4 is 0 Å². The zero-order valence-corrected chi connectivity index (χ0v) is 19.0. The first-order valence-corrected chi connectivity index (χ1v) is 11.1. The van der Waals surface area contributed by atoms with E-state index < -0.39 is 0 Å². The van der Waals surface area contributed by atoms with Gasteiger partial charge in [-0.3, -0.25) is 9.98 Å². The monoisotopic (exact) mass is 441 g/mol. The van der Waals surface area contributed by atoms with Crippen LogP contribution in [0.4, 0.5) is 0 Å². The lowest BCUT2D eigenvalue weighted by Gasteiger charge is -2.38. The first-order chi connectivity index (χ1) is 15.5. The smallest absolute Gasteiger partial charge is 0.134 e. The second-order valence-corrected chi connectivity index (χ2v) is 8.65. The number of allylic oxidation sites excluding steroid dienone is 1. The van der Waals surface area contributed by atoms with Crippen LogP contribution in [-0.2, 0) is 0 Å². The molecule has 0 bridgehead atoms. The van der Waals surface area contributed by atoms with Crippen molar-refractivity contribution in [1.82, 2.24) is 9.88 Å². The molecule has 1 aliphatic rings. The maximum atomic E-state index is 6.17. The Morgan fingerprint density at radius 2 is 1.91 bits per heavy atom. The summed E-state index contributed by atoms with van der Waals surface area (Å²) in [6, 6.07) is 17.0. The highest BCUT2D eigenvalue weighted by Crippen LogP contribution is 2.36. The molecule has 2 aromatic heterocycles. The van der Waals surface area contributed by atoms with Gasteiger partial charge in [0.1, 0.15) is 11.7 Å². The molecule has 3 heterocycles. The molecule has 0 saturated heterocycles. The third kappa shape index (κ3) is 3.71. The van der Waals surface area contributed by atoms with Gasteiger partial charge in [0.25, 0.3) is 0 Å². The van der Waals surface area contributed by atoms with Gasteiger partial charge >= 0.3 is 0 Å². The number of furan rings is 1. The van der Waals surface area contributed by atoms with Crippen molar-refractivity contribution in [3.8, 4) is 11.1 Å². The second-order valence-electron chi connectivity index (χ2n) is 8.21. The van der Waals surface area contributed by atoms with Crippen LogP contribution in [0, 0.1) is 6.92 Å². The largest absolute Gasteiger partial charge is 0.464 e. The Hall–Kier alpha value is -3.37. The van der Waals surface area contributed by atoms with Crippen LogP contribution in [-0.4, -0.2) is 22.3 Å². The third-order valence-electron chi connectivity index (χ3n) is 6.10. The predicted molar refractivity (Wildman–Crippen MR) is 132 cm³/mol. The number of halogens is 1. The lowest BCUT2D eigenvalue weighted by Crippen LogP contribution is -2.34. The average molecular weight is 442 g/mol. The molecule has 2 aromatic carbocycles. The van der Waals surface area contributed by atoms with E-state index in [-0.39, 0.29) is 12.2 Å². The van der Waals surface area contributed by atoms with Crippen molar-refractivity contribution in [1.29, 1.82) is 0 Å². The minimum atomic E-state index is 0.0163. The van der Waals surface area contributed by atoms with E-state index in [9.17, 15) is 0 Å². The van der Waals surface area contributed by atoms with Crippen LogP contribution in [0.15, 0.2) is 82.7 Å². The maximum absolute atomic E-state index is 6.17. The van der Waals surface area contributed by atoms with Crippen molar-refractivity contribution in [2.45, 2.75) is 33.0 Å². The minimum absolute atomic E-state index is 0.0163. The van der Waals surface area contributed by atoms with Gasteiger partial charge in [0, 0.05) is 35.3 Å². The van der Waals surface area contributed by atoms with Crippen LogP contribution in [0.2, 0.25) is 5.02 Å². The molecule has 32 heavy (non-hydrogen) atoms. The summed E-state index contributed by atoms with van der Waals surface area (Å²) in [7, 11) is 0. The standard InChI is InChI=1S/C27H24ClN3O/c1-17-16-32-27-8-7-22(13-25(17)27)26-9-10-30-19(3)31(26)18(2)20-5-4-6-21(11-20)23-12-24(28)15-29-14-23/h4-16,18-19H,1-3H3/t18-,19?/m0/s1. The zero-order valence-electron chi connectivity index (χ0n) is 18.3. The molecule has 0 aliphatic carbocycles. The highest BCUT2D eigenvalue weighted by molar-refractivity contribution is 6.30. The zero-order chi connectivity index (χ0) is 22.2.